The summed E-state index contributed by atoms with van der Waals surface area (Å²) >= 11 is 0. The van der Waals surface area contributed by atoms with Gasteiger partial charge in [0.1, 0.15) is 29.0 Å². The molecule has 2 aliphatic rings. The van der Waals surface area contributed by atoms with E-state index in [9.17, 15) is 34.6 Å². The Hall–Kier alpha value is -4.48. The van der Waals surface area contributed by atoms with Gasteiger partial charge in [0.25, 0.3) is 17.3 Å². The Bertz CT molecular complexity index is 1210. The highest BCUT2D eigenvalue weighted by Crippen LogP contribution is 2.42. The molecule has 0 saturated carbocycles. The van der Waals surface area contributed by atoms with E-state index >= 15 is 0 Å². The first-order valence-corrected chi connectivity index (χ1v) is 8.97. The normalized spacial score (nSPS) is 20.0. The van der Waals surface area contributed by atoms with Gasteiger partial charge in [0.15, 0.2) is 5.78 Å². The van der Waals surface area contributed by atoms with Gasteiger partial charge in [-0.05, 0) is 12.1 Å². The summed E-state index contributed by atoms with van der Waals surface area (Å²) < 4.78 is 0. The van der Waals surface area contributed by atoms with Crippen molar-refractivity contribution in [1.82, 2.24) is 0 Å². The molecule has 1 saturated heterocycles. The molecule has 0 aromatic heterocycles. The van der Waals surface area contributed by atoms with Crippen LogP contribution >= 0.6 is 0 Å². The quantitative estimate of drug-likeness (QED) is 0.400. The molecule has 0 spiro atoms. The fourth-order valence-electron chi connectivity index (χ4n) is 3.76. The van der Waals surface area contributed by atoms with E-state index < -0.39 is 45.1 Å². The van der Waals surface area contributed by atoms with Crippen molar-refractivity contribution in [1.29, 1.82) is 0 Å². The Balaban J connectivity index is 1.88. The lowest BCUT2D eigenvalue weighted by atomic mass is 9.95. The van der Waals surface area contributed by atoms with Crippen molar-refractivity contribution in [2.75, 3.05) is 9.91 Å². The van der Waals surface area contributed by atoms with Gasteiger partial charge >= 0.3 is 0 Å². The number of benzene rings is 2. The highest BCUT2D eigenvalue weighted by molar-refractivity contribution is 6.49. The highest BCUT2D eigenvalue weighted by Gasteiger charge is 2.59. The zero-order chi connectivity index (χ0) is 22.4. The molecule has 156 valence electrons. The summed E-state index contributed by atoms with van der Waals surface area (Å²) in [6.07, 6.45) is 0. The van der Waals surface area contributed by atoms with E-state index in [0.717, 1.165) is 18.0 Å². The average Bonchev–Trinajstić information content (AvgIpc) is 3.25. The number of rotatable bonds is 5. The van der Waals surface area contributed by atoms with Gasteiger partial charge in [0, 0.05) is 19.1 Å². The summed E-state index contributed by atoms with van der Waals surface area (Å²) in [6, 6.07) is 9.27. The molecule has 0 bridgehead atoms. The Morgan fingerprint density at radius 3 is 1.97 bits per heavy atom. The van der Waals surface area contributed by atoms with Crippen LogP contribution in [0.4, 0.5) is 22.7 Å². The van der Waals surface area contributed by atoms with Gasteiger partial charge < -0.3 is 0 Å². The number of para-hydroxylation sites is 4. The Morgan fingerprint density at radius 2 is 1.42 bits per heavy atom. The molecule has 2 aliphatic heterocycles. The minimum atomic E-state index is -1.38. The van der Waals surface area contributed by atoms with Crippen LogP contribution in [0.1, 0.15) is 6.92 Å². The number of hydrazone groups is 1. The SMILES string of the molecule is CC(=O)C1=NN(c2ccccc2[N+](=O)[O-])[C@H]2C(=O)N(c3ccccc3[N+](=O)[O-])C(=O)[C@@H]12. The fourth-order valence-corrected chi connectivity index (χ4v) is 3.76. The van der Waals surface area contributed by atoms with E-state index in [1.54, 1.807) is 0 Å². The van der Waals surface area contributed by atoms with Crippen molar-refractivity contribution < 1.29 is 24.2 Å². The van der Waals surface area contributed by atoms with E-state index in [1.807, 2.05) is 0 Å². The summed E-state index contributed by atoms with van der Waals surface area (Å²) in [7, 11) is 0. The van der Waals surface area contributed by atoms with Crippen LogP contribution in [0, 0.1) is 26.1 Å². The van der Waals surface area contributed by atoms with Crippen LogP contribution in [0.5, 0.6) is 0 Å². The predicted molar refractivity (Wildman–Crippen MR) is 107 cm³/mol. The number of anilines is 2. The van der Waals surface area contributed by atoms with Crippen LogP contribution in [-0.4, -0.2) is 39.2 Å². The van der Waals surface area contributed by atoms with Crippen LogP contribution in [0.25, 0.3) is 0 Å². The van der Waals surface area contributed by atoms with Gasteiger partial charge in [-0.15, -0.1) is 0 Å². The maximum Gasteiger partial charge on any atom is 0.294 e. The highest BCUT2D eigenvalue weighted by atomic mass is 16.6. The number of hydrogen-bond acceptors (Lipinski definition) is 9. The predicted octanol–water partition coefficient (Wildman–Crippen LogP) is 1.83. The van der Waals surface area contributed by atoms with E-state index in [0.29, 0.717) is 4.90 Å². The minimum Gasteiger partial charge on any atom is -0.293 e. The molecule has 2 amide bonds. The lowest BCUT2D eigenvalue weighted by Crippen LogP contribution is -2.39. The van der Waals surface area contributed by atoms with E-state index in [-0.39, 0.29) is 22.8 Å². The molecule has 0 aliphatic carbocycles. The van der Waals surface area contributed by atoms with Crippen molar-refractivity contribution >= 4 is 46.1 Å². The number of amides is 2. The number of fused-ring (bicyclic) bond motifs is 1. The van der Waals surface area contributed by atoms with Crippen molar-refractivity contribution in [3.05, 3.63) is 68.8 Å². The molecular formula is C19H13N5O7. The second-order valence-electron chi connectivity index (χ2n) is 6.81. The molecule has 2 atom stereocenters. The van der Waals surface area contributed by atoms with Crippen molar-refractivity contribution in [2.45, 2.75) is 13.0 Å². The van der Waals surface area contributed by atoms with Gasteiger partial charge in [0.05, 0.1) is 9.85 Å². The number of nitro benzene ring substituents is 2. The fraction of sp³-hybridized carbons (Fsp3) is 0.158. The molecule has 2 aromatic rings. The van der Waals surface area contributed by atoms with Gasteiger partial charge in [-0.25, -0.2) is 9.91 Å². The average molecular weight is 423 g/mol. The smallest absolute Gasteiger partial charge is 0.293 e. The van der Waals surface area contributed by atoms with Crippen LogP contribution in [0.3, 0.4) is 0 Å². The van der Waals surface area contributed by atoms with Crippen molar-refractivity contribution in [3.63, 3.8) is 0 Å². The van der Waals surface area contributed by atoms with Gasteiger partial charge in [0.2, 0.25) is 5.91 Å². The summed E-state index contributed by atoms with van der Waals surface area (Å²) in [5.74, 6) is -3.67. The molecule has 0 N–H and O–H groups in total. The van der Waals surface area contributed by atoms with Crippen LogP contribution < -0.4 is 9.91 Å². The number of hydrogen-bond donors (Lipinski definition) is 0. The summed E-state index contributed by atoms with van der Waals surface area (Å²) in [6.45, 7) is 1.16. The second kappa shape index (κ2) is 7.09. The van der Waals surface area contributed by atoms with Crippen LogP contribution in [0.15, 0.2) is 53.6 Å². The maximum atomic E-state index is 13.3. The number of nitro groups is 2. The third-order valence-electron chi connectivity index (χ3n) is 5.05. The molecule has 2 aromatic carbocycles. The Labute approximate surface area is 173 Å². The van der Waals surface area contributed by atoms with Gasteiger partial charge in [-0.2, -0.15) is 5.10 Å². The second-order valence-corrected chi connectivity index (χ2v) is 6.81. The molecule has 0 radical (unpaired) electrons. The molecule has 31 heavy (non-hydrogen) atoms. The van der Waals surface area contributed by atoms with Crippen molar-refractivity contribution in [2.24, 2.45) is 11.0 Å². The number of nitrogens with zero attached hydrogens (tertiary/aromatic N) is 5. The Kier molecular flexibility index (Phi) is 4.53. The minimum absolute atomic E-state index is 0.0793. The van der Waals surface area contributed by atoms with Gasteiger partial charge in [-0.1, -0.05) is 24.3 Å². The standard InChI is InChI=1S/C19H13N5O7/c1-10(25)16-15-17(22(20-16)12-7-3-5-9-14(12)24(30)31)19(27)21(18(15)26)11-6-2-4-8-13(11)23(28)29/h2-9,15,17H,1H3/t15-,17+/m0/s1. The summed E-state index contributed by atoms with van der Waals surface area (Å²) in [5, 5.41) is 27.9. The molecular weight excluding hydrogens is 410 g/mol. The molecule has 2 heterocycles. The van der Waals surface area contributed by atoms with E-state index in [2.05, 4.69) is 5.10 Å². The first-order chi connectivity index (χ1) is 14.7. The number of ketones is 1. The lowest BCUT2D eigenvalue weighted by Gasteiger charge is -2.21. The van der Waals surface area contributed by atoms with E-state index in [1.165, 1.54) is 42.5 Å². The summed E-state index contributed by atoms with van der Waals surface area (Å²) in [5.41, 5.74) is -1.42. The topological polar surface area (TPSA) is 156 Å². The molecule has 12 nitrogen and oxygen atoms in total. The molecule has 0 unspecified atom stereocenters. The largest absolute Gasteiger partial charge is 0.294 e. The number of carbonyl (C=O) groups excluding carboxylic acids is 3. The lowest BCUT2D eigenvalue weighted by molar-refractivity contribution is -0.384. The molecule has 4 rings (SSSR count). The first-order valence-electron chi connectivity index (χ1n) is 8.97. The number of imide groups is 1. The third kappa shape index (κ3) is 2.92. The Morgan fingerprint density at radius 1 is 0.903 bits per heavy atom. The van der Waals surface area contributed by atoms with Gasteiger partial charge in [-0.3, -0.25) is 34.6 Å². The van der Waals surface area contributed by atoms with Crippen LogP contribution in [-0.2, 0) is 14.4 Å². The van der Waals surface area contributed by atoms with E-state index in [4.69, 9.17) is 0 Å². The van der Waals surface area contributed by atoms with Crippen molar-refractivity contribution in [3.8, 4) is 0 Å². The molecule has 1 fully saturated rings. The number of Topliss-reactive ketones (excluding diaryl/α,β-unsaturated/α-hetero) is 1. The molecule has 12 heteroatoms. The first kappa shape index (κ1) is 19.8. The maximum absolute atomic E-state index is 13.3. The monoisotopic (exact) mass is 423 g/mol. The zero-order valence-electron chi connectivity index (χ0n) is 15.9. The zero-order valence-corrected chi connectivity index (χ0v) is 15.9. The third-order valence-corrected chi connectivity index (χ3v) is 5.05. The number of carbonyl (C=O) groups is 3. The van der Waals surface area contributed by atoms with Crippen LogP contribution in [0.2, 0.25) is 0 Å². The summed E-state index contributed by atoms with van der Waals surface area (Å²) in [4.78, 5) is 60.7.